The highest BCUT2D eigenvalue weighted by molar-refractivity contribution is 7.90. The fourth-order valence-electron chi connectivity index (χ4n) is 2.80. The van der Waals surface area contributed by atoms with E-state index in [1.54, 1.807) is 34.1 Å². The Morgan fingerprint density at radius 3 is 2.50 bits per heavy atom. The third-order valence-electron chi connectivity index (χ3n) is 4.51. The standard InChI is InChI=1S/C18H23N7O2S.C4H8O2S.C3H4/c1-6-10(3)8-25-9-20-12-14(19-5)22-17(23-15(12)25)24-18-21-11(4)13(28-18)16(26)27-7-2;1-3-4-7(2,5)6;1-3-2/h6,9H,7-8H2,1-5H3,(H2,19,21,22,23,24);3H,1,4H2,2H3;1H,2H3/b10-6+;;. The molecule has 0 aliphatic heterocycles. The molecule has 0 atom stereocenters. The van der Waals surface area contributed by atoms with E-state index < -0.39 is 9.84 Å². The van der Waals surface area contributed by atoms with Crippen LogP contribution in [0.15, 0.2) is 30.6 Å². The molecule has 3 heterocycles. The quantitative estimate of drug-likeness (QED) is 0.220. The summed E-state index contributed by atoms with van der Waals surface area (Å²) < 4.78 is 27.4. The van der Waals surface area contributed by atoms with E-state index in [2.05, 4.69) is 62.5 Å². The SMILES string of the molecule is C#CC.C/C=C(\C)Cn1cnc2c(NC)nc(Nc3nc(C)c(C(=O)OCC)s3)nc21.C=CCS(C)(=O)=O. The van der Waals surface area contributed by atoms with E-state index in [9.17, 15) is 13.2 Å². The van der Waals surface area contributed by atoms with Crippen LogP contribution in [0.5, 0.6) is 0 Å². The largest absolute Gasteiger partial charge is 0.462 e. The molecule has 0 amide bonds. The van der Waals surface area contributed by atoms with Gasteiger partial charge in [0.2, 0.25) is 5.95 Å². The van der Waals surface area contributed by atoms with Gasteiger partial charge in [0.25, 0.3) is 0 Å². The number of rotatable bonds is 9. The summed E-state index contributed by atoms with van der Waals surface area (Å²) in [6.07, 6.45) is 11.0. The molecular formula is C25H35N7O4S2. The number of hydrogen-bond donors (Lipinski definition) is 2. The Morgan fingerprint density at radius 1 is 1.34 bits per heavy atom. The minimum atomic E-state index is -2.79. The van der Waals surface area contributed by atoms with E-state index in [1.165, 1.54) is 29.2 Å². The van der Waals surface area contributed by atoms with E-state index in [4.69, 9.17) is 4.74 Å². The van der Waals surface area contributed by atoms with Crippen molar-refractivity contribution in [2.75, 3.05) is 36.3 Å². The van der Waals surface area contributed by atoms with Gasteiger partial charge in [-0.05, 0) is 34.6 Å². The van der Waals surface area contributed by atoms with Crippen molar-refractivity contribution < 1.29 is 17.9 Å². The molecule has 3 aromatic heterocycles. The summed E-state index contributed by atoms with van der Waals surface area (Å²) in [5, 5.41) is 6.68. The molecule has 2 N–H and O–H groups in total. The number of carbonyl (C=O) groups is 1. The van der Waals surface area contributed by atoms with Crippen LogP contribution < -0.4 is 10.6 Å². The van der Waals surface area contributed by atoms with Gasteiger partial charge < -0.3 is 14.6 Å². The summed E-state index contributed by atoms with van der Waals surface area (Å²) >= 11 is 1.21. The maximum absolute atomic E-state index is 12.0. The molecule has 0 spiro atoms. The van der Waals surface area contributed by atoms with E-state index in [-0.39, 0.29) is 11.7 Å². The smallest absolute Gasteiger partial charge is 0.350 e. The minimum Gasteiger partial charge on any atom is -0.462 e. The van der Waals surface area contributed by atoms with Gasteiger partial charge in [-0.15, -0.1) is 18.9 Å². The van der Waals surface area contributed by atoms with Crippen LogP contribution in [0.25, 0.3) is 11.2 Å². The van der Waals surface area contributed by atoms with Crippen LogP contribution in [0.3, 0.4) is 0 Å². The molecule has 0 bridgehead atoms. The topological polar surface area (TPSA) is 141 Å². The van der Waals surface area contributed by atoms with Crippen molar-refractivity contribution in [2.45, 2.75) is 41.2 Å². The molecule has 11 nitrogen and oxygen atoms in total. The highest BCUT2D eigenvalue weighted by Crippen LogP contribution is 2.27. The molecular weight excluding hydrogens is 526 g/mol. The van der Waals surface area contributed by atoms with Gasteiger partial charge in [0.05, 0.1) is 24.4 Å². The van der Waals surface area contributed by atoms with Gasteiger partial charge in [-0.25, -0.2) is 23.2 Å². The van der Waals surface area contributed by atoms with Crippen molar-refractivity contribution in [3.05, 3.63) is 41.2 Å². The molecule has 38 heavy (non-hydrogen) atoms. The van der Waals surface area contributed by atoms with Crippen molar-refractivity contribution in [3.63, 3.8) is 0 Å². The highest BCUT2D eigenvalue weighted by Gasteiger charge is 2.18. The van der Waals surface area contributed by atoms with Gasteiger partial charge in [-0.3, -0.25) is 5.32 Å². The first-order valence-electron chi connectivity index (χ1n) is 11.5. The number of esters is 1. The number of aromatic nitrogens is 5. The Labute approximate surface area is 228 Å². The second-order valence-electron chi connectivity index (χ2n) is 7.77. The lowest BCUT2D eigenvalue weighted by Crippen LogP contribution is -2.05. The highest BCUT2D eigenvalue weighted by atomic mass is 32.2. The fourth-order valence-corrected chi connectivity index (χ4v) is 4.08. The van der Waals surface area contributed by atoms with Crippen LogP contribution in [-0.4, -0.2) is 64.6 Å². The molecule has 0 aliphatic rings. The summed E-state index contributed by atoms with van der Waals surface area (Å²) in [7, 11) is -1.01. The molecule has 0 aliphatic carbocycles. The van der Waals surface area contributed by atoms with E-state index in [1.807, 2.05) is 11.5 Å². The van der Waals surface area contributed by atoms with Gasteiger partial charge in [-0.2, -0.15) is 9.97 Å². The molecule has 0 saturated heterocycles. The first-order chi connectivity index (χ1) is 17.9. The lowest BCUT2D eigenvalue weighted by molar-refractivity contribution is 0.0531. The van der Waals surface area contributed by atoms with E-state index in [0.29, 0.717) is 51.8 Å². The van der Waals surface area contributed by atoms with Crippen molar-refractivity contribution >= 4 is 55.2 Å². The molecule has 206 valence electrons. The number of hydrogen-bond acceptors (Lipinski definition) is 11. The summed E-state index contributed by atoms with van der Waals surface area (Å²) in [6.45, 7) is 13.5. The van der Waals surface area contributed by atoms with Crippen LogP contribution in [0.1, 0.15) is 43.1 Å². The Hall–Kier alpha value is -3.76. The van der Waals surface area contributed by atoms with Crippen LogP contribution in [0, 0.1) is 19.3 Å². The number of anilines is 3. The van der Waals surface area contributed by atoms with E-state index in [0.717, 1.165) is 0 Å². The Kier molecular flexibility index (Phi) is 13.1. The molecule has 0 saturated carbocycles. The molecule has 3 aromatic rings. The van der Waals surface area contributed by atoms with Crippen LogP contribution >= 0.6 is 11.3 Å². The zero-order chi connectivity index (χ0) is 28.9. The molecule has 13 heteroatoms. The van der Waals surface area contributed by atoms with Crippen molar-refractivity contribution in [2.24, 2.45) is 0 Å². The number of aryl methyl sites for hydroxylation is 1. The third kappa shape index (κ3) is 9.95. The predicted octanol–water partition coefficient (Wildman–Crippen LogP) is 4.38. The first kappa shape index (κ1) is 32.3. The number of ether oxygens (including phenoxy) is 1. The number of imidazole rings is 1. The maximum Gasteiger partial charge on any atom is 0.350 e. The average molecular weight is 562 g/mol. The average Bonchev–Trinajstić information content (AvgIpc) is 3.41. The van der Waals surface area contributed by atoms with Gasteiger partial charge in [0.1, 0.15) is 4.88 Å². The van der Waals surface area contributed by atoms with Gasteiger partial charge >= 0.3 is 5.97 Å². The molecule has 0 unspecified atom stereocenters. The fraction of sp³-hybridized carbons (Fsp3) is 0.400. The third-order valence-corrected chi connectivity index (χ3v) is 6.40. The second kappa shape index (κ2) is 15.5. The predicted molar refractivity (Wildman–Crippen MR) is 155 cm³/mol. The summed E-state index contributed by atoms with van der Waals surface area (Å²) in [6, 6.07) is 0. The number of terminal acetylenes is 1. The molecule has 3 rings (SSSR count). The lowest BCUT2D eigenvalue weighted by atomic mass is 10.3. The summed E-state index contributed by atoms with van der Waals surface area (Å²) in [5.41, 5.74) is 3.21. The summed E-state index contributed by atoms with van der Waals surface area (Å²) in [5.74, 6) is 2.94. The number of thiazole rings is 1. The normalized spacial score (nSPS) is 10.8. The maximum atomic E-state index is 12.0. The number of carbonyl (C=O) groups excluding carboxylic acids is 1. The Morgan fingerprint density at radius 2 is 2.00 bits per heavy atom. The number of fused-ring (bicyclic) bond motifs is 1. The number of nitrogens with one attached hydrogen (secondary N) is 2. The van der Waals surface area contributed by atoms with E-state index >= 15 is 0 Å². The van der Waals surface area contributed by atoms with Crippen LogP contribution in [0.2, 0.25) is 0 Å². The summed E-state index contributed by atoms with van der Waals surface area (Å²) in [4.78, 5) is 30.4. The lowest BCUT2D eigenvalue weighted by Gasteiger charge is -2.08. The number of allylic oxidation sites excluding steroid dienone is 2. The van der Waals surface area contributed by atoms with Crippen LogP contribution in [-0.2, 0) is 21.1 Å². The van der Waals surface area contributed by atoms with Gasteiger partial charge in [0, 0.05) is 19.8 Å². The Bertz CT molecular complexity index is 1420. The monoisotopic (exact) mass is 561 g/mol. The van der Waals surface area contributed by atoms with Gasteiger partial charge in [0.15, 0.2) is 32.0 Å². The van der Waals surface area contributed by atoms with Crippen molar-refractivity contribution in [1.29, 1.82) is 0 Å². The Balaban J connectivity index is 0.000000618. The second-order valence-corrected chi connectivity index (χ2v) is 11.0. The molecule has 0 radical (unpaired) electrons. The first-order valence-corrected chi connectivity index (χ1v) is 14.4. The zero-order valence-corrected chi connectivity index (χ0v) is 24.5. The van der Waals surface area contributed by atoms with Crippen molar-refractivity contribution in [3.8, 4) is 12.3 Å². The minimum absolute atomic E-state index is 0.0764. The molecule has 0 aromatic carbocycles. The zero-order valence-electron chi connectivity index (χ0n) is 22.8. The van der Waals surface area contributed by atoms with Crippen LogP contribution in [0.4, 0.5) is 16.9 Å². The number of nitrogens with zero attached hydrogens (tertiary/aromatic N) is 5. The molecule has 0 fully saturated rings. The number of sulfone groups is 1. The van der Waals surface area contributed by atoms with Crippen molar-refractivity contribution in [1.82, 2.24) is 24.5 Å². The van der Waals surface area contributed by atoms with Gasteiger partial charge in [-0.1, -0.05) is 29.1 Å².